The average Bonchev–Trinajstić information content (AvgIpc) is 2.43. The molecular formula is C15H17N3O. The van der Waals surface area contributed by atoms with Crippen molar-refractivity contribution in [3.05, 3.63) is 46.2 Å². The number of benzene rings is 1. The van der Waals surface area contributed by atoms with Gasteiger partial charge in [0.1, 0.15) is 0 Å². The molecular weight excluding hydrogens is 238 g/mol. The van der Waals surface area contributed by atoms with E-state index in [1.54, 1.807) is 0 Å². The molecule has 0 bridgehead atoms. The van der Waals surface area contributed by atoms with Gasteiger partial charge in [0.25, 0.3) is 5.56 Å². The largest absolute Gasteiger partial charge is 0.322 e. The molecule has 0 radical (unpaired) electrons. The molecule has 2 N–H and O–H groups in total. The maximum Gasteiger partial charge on any atom is 0.252 e. The first-order valence-electron chi connectivity index (χ1n) is 6.46. The summed E-state index contributed by atoms with van der Waals surface area (Å²) in [4.78, 5) is 14.8. The highest BCUT2D eigenvalue weighted by molar-refractivity contribution is 5.78. The van der Waals surface area contributed by atoms with E-state index in [1.807, 2.05) is 37.3 Å². The number of fused-ring (bicyclic) bond motifs is 1. The van der Waals surface area contributed by atoms with Gasteiger partial charge in [-0.1, -0.05) is 25.1 Å². The van der Waals surface area contributed by atoms with Crippen LogP contribution in [-0.4, -0.2) is 11.0 Å². The second kappa shape index (κ2) is 6.17. The van der Waals surface area contributed by atoms with Crippen LogP contribution in [0.5, 0.6) is 0 Å². The highest BCUT2D eigenvalue weighted by Crippen LogP contribution is 2.10. The third-order valence-corrected chi connectivity index (χ3v) is 3.24. The number of rotatable bonds is 5. The molecule has 0 fully saturated rings. The number of H-pyrrole nitrogens is 1. The number of nitrogens with one attached hydrogen (secondary N) is 2. The normalized spacial score (nSPS) is 12.2. The molecule has 1 atom stereocenters. The van der Waals surface area contributed by atoms with E-state index in [1.165, 1.54) is 0 Å². The topological polar surface area (TPSA) is 68.7 Å². The highest BCUT2D eigenvalue weighted by Gasteiger charge is 2.07. The molecule has 1 aromatic heterocycles. The summed E-state index contributed by atoms with van der Waals surface area (Å²) in [6.45, 7) is 2.51. The first-order chi connectivity index (χ1) is 9.24. The van der Waals surface area contributed by atoms with Crippen molar-refractivity contribution in [1.29, 1.82) is 5.26 Å². The number of pyridine rings is 1. The molecule has 4 heteroatoms. The standard InChI is InChI=1S/C15H17N3O/c1-2-13(7-8-16)17-10-12-9-11-5-3-4-6-14(11)18-15(12)19/h3-6,9,13,17H,2,7,10H2,1H3,(H,18,19). The summed E-state index contributed by atoms with van der Waals surface area (Å²) in [6.07, 6.45) is 1.33. The summed E-state index contributed by atoms with van der Waals surface area (Å²) < 4.78 is 0. The highest BCUT2D eigenvalue weighted by atomic mass is 16.1. The van der Waals surface area contributed by atoms with E-state index in [9.17, 15) is 4.79 Å². The molecule has 2 aromatic rings. The molecule has 0 aliphatic rings. The maximum absolute atomic E-state index is 11.9. The van der Waals surface area contributed by atoms with E-state index in [2.05, 4.69) is 16.4 Å². The van der Waals surface area contributed by atoms with Crippen molar-refractivity contribution < 1.29 is 0 Å². The van der Waals surface area contributed by atoms with E-state index in [0.717, 1.165) is 17.3 Å². The Labute approximate surface area is 112 Å². The van der Waals surface area contributed by atoms with Crippen molar-refractivity contribution in [2.75, 3.05) is 0 Å². The number of aromatic amines is 1. The second-order valence-corrected chi connectivity index (χ2v) is 4.56. The predicted molar refractivity (Wildman–Crippen MR) is 75.7 cm³/mol. The Morgan fingerprint density at radius 2 is 2.21 bits per heavy atom. The maximum atomic E-state index is 11.9. The Morgan fingerprint density at radius 1 is 1.42 bits per heavy atom. The molecule has 98 valence electrons. The molecule has 1 aromatic carbocycles. The van der Waals surface area contributed by atoms with Gasteiger partial charge in [0.2, 0.25) is 0 Å². The van der Waals surface area contributed by atoms with Crippen LogP contribution in [-0.2, 0) is 6.54 Å². The summed E-state index contributed by atoms with van der Waals surface area (Å²) in [7, 11) is 0. The van der Waals surface area contributed by atoms with Gasteiger partial charge in [-0.15, -0.1) is 0 Å². The quantitative estimate of drug-likeness (QED) is 0.861. The number of aromatic nitrogens is 1. The lowest BCUT2D eigenvalue weighted by atomic mass is 10.1. The summed E-state index contributed by atoms with van der Waals surface area (Å²) >= 11 is 0. The summed E-state index contributed by atoms with van der Waals surface area (Å²) in [6, 6.07) is 11.9. The first-order valence-corrected chi connectivity index (χ1v) is 6.46. The number of nitrogens with zero attached hydrogens (tertiary/aromatic N) is 1. The van der Waals surface area contributed by atoms with Gasteiger partial charge in [-0.05, 0) is 23.9 Å². The third-order valence-electron chi connectivity index (χ3n) is 3.24. The average molecular weight is 255 g/mol. The Hall–Kier alpha value is -2.12. The molecule has 4 nitrogen and oxygen atoms in total. The fourth-order valence-corrected chi connectivity index (χ4v) is 2.05. The lowest BCUT2D eigenvalue weighted by Gasteiger charge is -2.13. The van der Waals surface area contributed by atoms with Gasteiger partial charge in [0.15, 0.2) is 0 Å². The van der Waals surface area contributed by atoms with Gasteiger partial charge in [-0.25, -0.2) is 0 Å². The molecule has 1 heterocycles. The fourth-order valence-electron chi connectivity index (χ4n) is 2.05. The van der Waals surface area contributed by atoms with Gasteiger partial charge in [0.05, 0.1) is 12.5 Å². The first kappa shape index (κ1) is 13.3. The number of para-hydroxylation sites is 1. The minimum atomic E-state index is -0.0713. The van der Waals surface area contributed by atoms with Crippen LogP contribution in [0.3, 0.4) is 0 Å². The van der Waals surface area contributed by atoms with Crippen LogP contribution in [0.2, 0.25) is 0 Å². The van der Waals surface area contributed by atoms with Gasteiger partial charge >= 0.3 is 0 Å². The van der Waals surface area contributed by atoms with E-state index in [0.29, 0.717) is 18.5 Å². The third kappa shape index (κ3) is 3.21. The smallest absolute Gasteiger partial charge is 0.252 e. The van der Waals surface area contributed by atoms with Crippen molar-refractivity contribution in [2.45, 2.75) is 32.4 Å². The zero-order valence-corrected chi connectivity index (χ0v) is 10.9. The van der Waals surface area contributed by atoms with E-state index >= 15 is 0 Å². The molecule has 0 saturated heterocycles. The van der Waals surface area contributed by atoms with E-state index in [4.69, 9.17) is 5.26 Å². The fraction of sp³-hybridized carbons (Fsp3) is 0.333. The predicted octanol–water partition coefficient (Wildman–Crippen LogP) is 2.31. The van der Waals surface area contributed by atoms with Crippen LogP contribution in [0.15, 0.2) is 35.1 Å². The Morgan fingerprint density at radius 3 is 2.95 bits per heavy atom. The Balaban J connectivity index is 2.19. The molecule has 0 saturated carbocycles. The van der Waals surface area contributed by atoms with Crippen LogP contribution >= 0.6 is 0 Å². The van der Waals surface area contributed by atoms with Crippen molar-refractivity contribution >= 4 is 10.9 Å². The molecule has 2 rings (SSSR count). The zero-order valence-electron chi connectivity index (χ0n) is 10.9. The lowest BCUT2D eigenvalue weighted by Crippen LogP contribution is -2.30. The summed E-state index contributed by atoms with van der Waals surface area (Å²) in [5.41, 5.74) is 1.48. The monoisotopic (exact) mass is 255 g/mol. The molecule has 1 unspecified atom stereocenters. The summed E-state index contributed by atoms with van der Waals surface area (Å²) in [5.74, 6) is 0. The number of hydrogen-bond acceptors (Lipinski definition) is 3. The minimum absolute atomic E-state index is 0.0713. The van der Waals surface area contributed by atoms with Crippen molar-refractivity contribution in [2.24, 2.45) is 0 Å². The molecule has 0 aliphatic heterocycles. The van der Waals surface area contributed by atoms with Crippen molar-refractivity contribution in [3.8, 4) is 6.07 Å². The lowest BCUT2D eigenvalue weighted by molar-refractivity contribution is 0.503. The van der Waals surface area contributed by atoms with Crippen LogP contribution in [0.1, 0.15) is 25.3 Å². The summed E-state index contributed by atoms with van der Waals surface area (Å²) in [5, 5.41) is 13.0. The van der Waals surface area contributed by atoms with E-state index < -0.39 is 0 Å². The minimum Gasteiger partial charge on any atom is -0.322 e. The van der Waals surface area contributed by atoms with Crippen LogP contribution in [0.4, 0.5) is 0 Å². The van der Waals surface area contributed by atoms with Gasteiger partial charge in [0, 0.05) is 23.7 Å². The Bertz CT molecular complexity index is 654. The number of hydrogen-bond donors (Lipinski definition) is 2. The molecule has 19 heavy (non-hydrogen) atoms. The second-order valence-electron chi connectivity index (χ2n) is 4.56. The molecule has 0 aliphatic carbocycles. The molecule has 0 spiro atoms. The van der Waals surface area contributed by atoms with Gasteiger partial charge in [-0.2, -0.15) is 5.26 Å². The molecule has 0 amide bonds. The zero-order chi connectivity index (χ0) is 13.7. The van der Waals surface area contributed by atoms with Crippen LogP contribution in [0, 0.1) is 11.3 Å². The van der Waals surface area contributed by atoms with Crippen LogP contribution in [0.25, 0.3) is 10.9 Å². The van der Waals surface area contributed by atoms with Crippen molar-refractivity contribution in [1.82, 2.24) is 10.3 Å². The van der Waals surface area contributed by atoms with Gasteiger partial charge < -0.3 is 10.3 Å². The number of nitriles is 1. The van der Waals surface area contributed by atoms with Crippen LogP contribution < -0.4 is 10.9 Å². The van der Waals surface area contributed by atoms with Gasteiger partial charge in [-0.3, -0.25) is 4.79 Å². The SMILES string of the molecule is CCC(CC#N)NCc1cc2ccccc2[nH]c1=O. The van der Waals surface area contributed by atoms with Crippen molar-refractivity contribution in [3.63, 3.8) is 0 Å². The Kier molecular flexibility index (Phi) is 4.32. The van der Waals surface area contributed by atoms with E-state index in [-0.39, 0.29) is 11.6 Å².